The molecule has 0 fully saturated rings. The average Bonchev–Trinajstić information content (AvgIpc) is 2.22. The van der Waals surface area contributed by atoms with E-state index in [1.807, 2.05) is 11.8 Å². The van der Waals surface area contributed by atoms with E-state index in [2.05, 4.69) is 6.92 Å². The maximum Gasteiger partial charge on any atom is 0.209 e. The van der Waals surface area contributed by atoms with Crippen LogP contribution in [0.5, 0.6) is 0 Å². The number of carbonyl (C=O) groups excluding carboxylic acids is 1. The molecule has 0 aromatic carbocycles. The van der Waals surface area contributed by atoms with E-state index < -0.39 is 0 Å². The second-order valence-electron chi connectivity index (χ2n) is 3.86. The number of hydrogen-bond acceptors (Lipinski definition) is 1. The van der Waals surface area contributed by atoms with Gasteiger partial charge in [0.15, 0.2) is 0 Å². The molecule has 0 aromatic rings. The number of amides is 1. The molecule has 0 spiro atoms. The molecule has 0 radical (unpaired) electrons. The Balaban J connectivity index is 3.08. The van der Waals surface area contributed by atoms with Crippen molar-refractivity contribution in [2.24, 2.45) is 0 Å². The van der Waals surface area contributed by atoms with E-state index in [-0.39, 0.29) is 0 Å². The van der Waals surface area contributed by atoms with Crippen molar-refractivity contribution >= 4 is 6.41 Å². The van der Waals surface area contributed by atoms with E-state index >= 15 is 0 Å². The van der Waals surface area contributed by atoms with Gasteiger partial charge in [0, 0.05) is 13.1 Å². The molecular weight excluding hydrogens is 174 g/mol. The van der Waals surface area contributed by atoms with Gasteiger partial charge in [-0.05, 0) is 13.3 Å². The van der Waals surface area contributed by atoms with Gasteiger partial charge in [-0.25, -0.2) is 0 Å². The van der Waals surface area contributed by atoms with Crippen LogP contribution in [-0.4, -0.2) is 24.4 Å². The smallest absolute Gasteiger partial charge is 0.209 e. The molecule has 0 bridgehead atoms. The highest BCUT2D eigenvalue weighted by atomic mass is 16.1. The highest BCUT2D eigenvalue weighted by Crippen LogP contribution is 2.06. The van der Waals surface area contributed by atoms with Crippen LogP contribution in [0.1, 0.15) is 58.8 Å². The topological polar surface area (TPSA) is 20.3 Å². The van der Waals surface area contributed by atoms with Crippen molar-refractivity contribution < 1.29 is 4.79 Å². The monoisotopic (exact) mass is 199 g/mol. The number of carbonyl (C=O) groups is 1. The summed E-state index contributed by atoms with van der Waals surface area (Å²) in [5.74, 6) is 0. The zero-order valence-corrected chi connectivity index (χ0v) is 9.80. The van der Waals surface area contributed by atoms with Gasteiger partial charge in [-0.3, -0.25) is 4.79 Å². The number of rotatable bonds is 10. The van der Waals surface area contributed by atoms with Crippen molar-refractivity contribution in [1.82, 2.24) is 4.90 Å². The molecule has 0 heterocycles. The zero-order valence-electron chi connectivity index (χ0n) is 9.80. The van der Waals surface area contributed by atoms with Crippen LogP contribution in [0.4, 0.5) is 0 Å². The Morgan fingerprint density at radius 2 is 1.50 bits per heavy atom. The molecule has 0 atom stereocenters. The Hall–Kier alpha value is -0.530. The Morgan fingerprint density at radius 3 is 2.00 bits per heavy atom. The SMILES string of the molecule is CCCCCCCCCN(C=O)CC. The van der Waals surface area contributed by atoms with Crippen LogP contribution < -0.4 is 0 Å². The van der Waals surface area contributed by atoms with Crippen LogP contribution in [-0.2, 0) is 4.79 Å². The fourth-order valence-electron chi connectivity index (χ4n) is 1.56. The first kappa shape index (κ1) is 13.5. The quantitative estimate of drug-likeness (QED) is 0.391. The minimum absolute atomic E-state index is 0.847. The Morgan fingerprint density at radius 1 is 0.929 bits per heavy atom. The van der Waals surface area contributed by atoms with E-state index in [9.17, 15) is 4.79 Å². The van der Waals surface area contributed by atoms with E-state index in [1.165, 1.54) is 44.9 Å². The second kappa shape index (κ2) is 10.6. The summed E-state index contributed by atoms with van der Waals surface area (Å²) >= 11 is 0. The van der Waals surface area contributed by atoms with E-state index in [1.54, 1.807) is 0 Å². The number of hydrogen-bond donors (Lipinski definition) is 0. The third-order valence-corrected chi connectivity index (χ3v) is 2.60. The molecule has 84 valence electrons. The van der Waals surface area contributed by atoms with Gasteiger partial charge in [0.05, 0.1) is 0 Å². The minimum Gasteiger partial charge on any atom is -0.346 e. The molecule has 0 aliphatic heterocycles. The van der Waals surface area contributed by atoms with Crippen molar-refractivity contribution in [3.05, 3.63) is 0 Å². The van der Waals surface area contributed by atoms with Gasteiger partial charge in [0.25, 0.3) is 0 Å². The van der Waals surface area contributed by atoms with Crippen molar-refractivity contribution in [2.75, 3.05) is 13.1 Å². The summed E-state index contributed by atoms with van der Waals surface area (Å²) in [6.07, 6.45) is 10.1. The molecule has 0 rings (SSSR count). The Labute approximate surface area is 88.7 Å². The molecule has 0 aliphatic rings. The maximum absolute atomic E-state index is 10.5. The maximum atomic E-state index is 10.5. The lowest BCUT2D eigenvalue weighted by molar-refractivity contribution is -0.118. The molecule has 2 nitrogen and oxygen atoms in total. The normalized spacial score (nSPS) is 10.1. The summed E-state index contributed by atoms with van der Waals surface area (Å²) in [5, 5.41) is 0. The predicted octanol–water partition coefficient (Wildman–Crippen LogP) is 3.22. The van der Waals surface area contributed by atoms with Crippen LogP contribution in [0.15, 0.2) is 0 Å². The summed E-state index contributed by atoms with van der Waals surface area (Å²) in [5.41, 5.74) is 0. The second-order valence-corrected chi connectivity index (χ2v) is 3.86. The number of unbranched alkanes of at least 4 members (excludes halogenated alkanes) is 6. The van der Waals surface area contributed by atoms with Crippen molar-refractivity contribution in [1.29, 1.82) is 0 Å². The Bertz CT molecular complexity index is 125. The largest absolute Gasteiger partial charge is 0.346 e. The first-order valence-corrected chi connectivity index (χ1v) is 6.04. The van der Waals surface area contributed by atoms with Gasteiger partial charge in [-0.15, -0.1) is 0 Å². The van der Waals surface area contributed by atoms with Gasteiger partial charge in [-0.2, -0.15) is 0 Å². The van der Waals surface area contributed by atoms with Crippen molar-refractivity contribution in [2.45, 2.75) is 58.8 Å². The molecule has 1 amide bonds. The third kappa shape index (κ3) is 8.09. The van der Waals surface area contributed by atoms with Crippen LogP contribution in [0.2, 0.25) is 0 Å². The highest BCUT2D eigenvalue weighted by Gasteiger charge is 1.96. The lowest BCUT2D eigenvalue weighted by Crippen LogP contribution is -2.22. The van der Waals surface area contributed by atoms with Gasteiger partial charge in [0.2, 0.25) is 6.41 Å². The van der Waals surface area contributed by atoms with E-state index in [0.717, 1.165) is 19.5 Å². The van der Waals surface area contributed by atoms with E-state index in [4.69, 9.17) is 0 Å². The van der Waals surface area contributed by atoms with Crippen LogP contribution in [0, 0.1) is 0 Å². The lowest BCUT2D eigenvalue weighted by atomic mass is 10.1. The first-order chi connectivity index (χ1) is 6.85. The van der Waals surface area contributed by atoms with Crippen LogP contribution in [0.25, 0.3) is 0 Å². The van der Waals surface area contributed by atoms with Gasteiger partial charge in [-0.1, -0.05) is 45.4 Å². The van der Waals surface area contributed by atoms with Crippen molar-refractivity contribution in [3.63, 3.8) is 0 Å². The highest BCUT2D eigenvalue weighted by molar-refractivity contribution is 5.46. The molecule has 0 saturated carbocycles. The molecule has 0 aliphatic carbocycles. The third-order valence-electron chi connectivity index (χ3n) is 2.60. The van der Waals surface area contributed by atoms with E-state index in [0.29, 0.717) is 0 Å². The minimum atomic E-state index is 0.847. The number of nitrogens with zero attached hydrogens (tertiary/aromatic N) is 1. The molecule has 0 saturated heterocycles. The van der Waals surface area contributed by atoms with Gasteiger partial charge in [0.1, 0.15) is 0 Å². The first-order valence-electron chi connectivity index (χ1n) is 6.04. The van der Waals surface area contributed by atoms with Crippen LogP contribution in [0.3, 0.4) is 0 Å². The lowest BCUT2D eigenvalue weighted by Gasteiger charge is -2.13. The Kier molecular flexibility index (Phi) is 10.2. The zero-order chi connectivity index (χ0) is 10.6. The molecule has 0 aromatic heterocycles. The molecule has 0 N–H and O–H groups in total. The van der Waals surface area contributed by atoms with Gasteiger partial charge < -0.3 is 4.90 Å². The summed E-state index contributed by atoms with van der Waals surface area (Å²) in [6, 6.07) is 0. The average molecular weight is 199 g/mol. The summed E-state index contributed by atoms with van der Waals surface area (Å²) in [6.45, 7) is 6.05. The summed E-state index contributed by atoms with van der Waals surface area (Å²) in [7, 11) is 0. The fraction of sp³-hybridized carbons (Fsp3) is 0.917. The standard InChI is InChI=1S/C12H25NO/c1-3-5-6-7-8-9-10-11-13(4-2)12-14/h12H,3-11H2,1-2H3. The molecule has 0 unspecified atom stereocenters. The van der Waals surface area contributed by atoms with Crippen LogP contribution >= 0.6 is 0 Å². The summed E-state index contributed by atoms with van der Waals surface area (Å²) in [4.78, 5) is 12.3. The molecular formula is C12H25NO. The van der Waals surface area contributed by atoms with Crippen molar-refractivity contribution in [3.8, 4) is 0 Å². The molecule has 2 heteroatoms. The van der Waals surface area contributed by atoms with Gasteiger partial charge >= 0.3 is 0 Å². The fourth-order valence-corrected chi connectivity index (χ4v) is 1.56. The predicted molar refractivity (Wildman–Crippen MR) is 61.3 cm³/mol. The molecule has 14 heavy (non-hydrogen) atoms. The summed E-state index contributed by atoms with van der Waals surface area (Å²) < 4.78 is 0.